The first-order chi connectivity index (χ1) is 10.4. The minimum absolute atomic E-state index is 0.367. The fourth-order valence-electron chi connectivity index (χ4n) is 3.04. The summed E-state index contributed by atoms with van der Waals surface area (Å²) in [7, 11) is 0. The molecule has 0 atom stereocenters. The van der Waals surface area contributed by atoms with E-state index in [2.05, 4.69) is 4.90 Å². The van der Waals surface area contributed by atoms with Gasteiger partial charge in [0.15, 0.2) is 0 Å². The van der Waals surface area contributed by atoms with Gasteiger partial charge < -0.3 is 9.84 Å². The molecule has 0 amide bonds. The SMILES string of the molecule is OCCCCCCCCCCCCCCN1CCOCC1. The van der Waals surface area contributed by atoms with Gasteiger partial charge in [-0.3, -0.25) is 4.90 Å². The monoisotopic (exact) mass is 299 g/mol. The number of hydrogen-bond donors (Lipinski definition) is 1. The van der Waals surface area contributed by atoms with Gasteiger partial charge in [0, 0.05) is 19.7 Å². The van der Waals surface area contributed by atoms with Gasteiger partial charge in [-0.05, 0) is 19.4 Å². The van der Waals surface area contributed by atoms with Crippen LogP contribution in [0.15, 0.2) is 0 Å². The van der Waals surface area contributed by atoms with E-state index in [0.29, 0.717) is 6.61 Å². The average Bonchev–Trinajstić information content (AvgIpc) is 2.53. The number of ether oxygens (including phenoxy) is 1. The van der Waals surface area contributed by atoms with Crippen molar-refractivity contribution in [2.24, 2.45) is 0 Å². The van der Waals surface area contributed by atoms with Crippen molar-refractivity contribution in [3.8, 4) is 0 Å². The van der Waals surface area contributed by atoms with Crippen LogP contribution in [0.25, 0.3) is 0 Å². The minimum atomic E-state index is 0.367. The summed E-state index contributed by atoms with van der Waals surface area (Å²) in [4.78, 5) is 2.54. The standard InChI is InChI=1S/C18H37NO2/c20-16-12-10-8-6-4-2-1-3-5-7-9-11-13-19-14-17-21-18-15-19/h20H,1-18H2. The van der Waals surface area contributed by atoms with Gasteiger partial charge in [0.25, 0.3) is 0 Å². The molecule has 0 aliphatic carbocycles. The summed E-state index contributed by atoms with van der Waals surface area (Å²) in [5.41, 5.74) is 0. The zero-order valence-corrected chi connectivity index (χ0v) is 14.0. The Balaban J connectivity index is 1.69. The lowest BCUT2D eigenvalue weighted by molar-refractivity contribution is 0.0371. The highest BCUT2D eigenvalue weighted by Gasteiger charge is 2.08. The molecule has 0 aromatic rings. The van der Waals surface area contributed by atoms with E-state index < -0.39 is 0 Å². The summed E-state index contributed by atoms with van der Waals surface area (Å²) < 4.78 is 5.37. The first-order valence-corrected chi connectivity index (χ1v) is 9.34. The summed E-state index contributed by atoms with van der Waals surface area (Å²) in [6.45, 7) is 5.78. The smallest absolute Gasteiger partial charge is 0.0594 e. The first-order valence-electron chi connectivity index (χ1n) is 9.34. The summed E-state index contributed by atoms with van der Waals surface area (Å²) in [5, 5.41) is 8.69. The summed E-state index contributed by atoms with van der Waals surface area (Å²) in [6, 6.07) is 0. The molecule has 1 fully saturated rings. The minimum Gasteiger partial charge on any atom is -0.396 e. The van der Waals surface area contributed by atoms with Crippen LogP contribution in [0.4, 0.5) is 0 Å². The van der Waals surface area contributed by atoms with Gasteiger partial charge in [-0.1, -0.05) is 64.2 Å². The molecule has 0 saturated carbocycles. The maximum Gasteiger partial charge on any atom is 0.0594 e. The fraction of sp³-hybridized carbons (Fsp3) is 1.00. The molecule has 0 aromatic carbocycles. The van der Waals surface area contributed by atoms with Crippen molar-refractivity contribution in [1.29, 1.82) is 0 Å². The van der Waals surface area contributed by atoms with Crippen molar-refractivity contribution < 1.29 is 9.84 Å². The number of rotatable bonds is 14. The molecule has 1 aliphatic heterocycles. The van der Waals surface area contributed by atoms with Crippen LogP contribution >= 0.6 is 0 Å². The van der Waals surface area contributed by atoms with E-state index in [1.807, 2.05) is 0 Å². The van der Waals surface area contributed by atoms with E-state index in [0.717, 1.165) is 32.7 Å². The highest BCUT2D eigenvalue weighted by molar-refractivity contribution is 4.61. The molecular weight excluding hydrogens is 262 g/mol. The molecule has 0 unspecified atom stereocenters. The fourth-order valence-corrected chi connectivity index (χ4v) is 3.04. The van der Waals surface area contributed by atoms with E-state index >= 15 is 0 Å². The molecule has 3 heteroatoms. The molecule has 1 N–H and O–H groups in total. The maximum absolute atomic E-state index is 8.69. The van der Waals surface area contributed by atoms with Crippen molar-refractivity contribution in [1.82, 2.24) is 4.90 Å². The molecule has 0 aromatic heterocycles. The van der Waals surface area contributed by atoms with E-state index in [1.54, 1.807) is 0 Å². The topological polar surface area (TPSA) is 32.7 Å². The maximum atomic E-state index is 8.69. The van der Waals surface area contributed by atoms with Crippen LogP contribution in [0.5, 0.6) is 0 Å². The molecular formula is C18H37NO2. The summed E-state index contributed by atoms with van der Waals surface area (Å²) in [5.74, 6) is 0. The Hall–Kier alpha value is -0.120. The van der Waals surface area contributed by atoms with Crippen molar-refractivity contribution >= 4 is 0 Å². The second-order valence-electron chi connectivity index (χ2n) is 6.42. The number of aliphatic hydroxyl groups excluding tert-OH is 1. The Bertz CT molecular complexity index is 205. The lowest BCUT2D eigenvalue weighted by Gasteiger charge is -2.26. The average molecular weight is 299 g/mol. The lowest BCUT2D eigenvalue weighted by Crippen LogP contribution is -2.36. The summed E-state index contributed by atoms with van der Waals surface area (Å²) >= 11 is 0. The van der Waals surface area contributed by atoms with E-state index in [9.17, 15) is 0 Å². The van der Waals surface area contributed by atoms with Gasteiger partial charge >= 0.3 is 0 Å². The van der Waals surface area contributed by atoms with E-state index in [4.69, 9.17) is 9.84 Å². The summed E-state index contributed by atoms with van der Waals surface area (Å²) in [6.07, 6.45) is 16.1. The van der Waals surface area contributed by atoms with Crippen LogP contribution in [0.3, 0.4) is 0 Å². The van der Waals surface area contributed by atoms with Crippen LogP contribution in [0, 0.1) is 0 Å². The molecule has 1 heterocycles. The molecule has 126 valence electrons. The van der Waals surface area contributed by atoms with Crippen LogP contribution < -0.4 is 0 Å². The van der Waals surface area contributed by atoms with Gasteiger partial charge in [0.05, 0.1) is 13.2 Å². The van der Waals surface area contributed by atoms with Crippen molar-refractivity contribution in [3.63, 3.8) is 0 Å². The van der Waals surface area contributed by atoms with Crippen LogP contribution in [-0.2, 0) is 4.74 Å². The van der Waals surface area contributed by atoms with E-state index in [1.165, 1.54) is 77.2 Å². The van der Waals surface area contributed by atoms with Gasteiger partial charge in [0.1, 0.15) is 0 Å². The highest BCUT2D eigenvalue weighted by atomic mass is 16.5. The second kappa shape index (κ2) is 14.8. The van der Waals surface area contributed by atoms with Gasteiger partial charge in [0.2, 0.25) is 0 Å². The normalized spacial score (nSPS) is 16.4. The zero-order chi connectivity index (χ0) is 15.0. The predicted octanol–water partition coefficient (Wildman–Crippen LogP) is 3.99. The molecule has 0 spiro atoms. The van der Waals surface area contributed by atoms with Crippen LogP contribution in [-0.4, -0.2) is 49.5 Å². The zero-order valence-electron chi connectivity index (χ0n) is 14.0. The Morgan fingerprint density at radius 1 is 0.619 bits per heavy atom. The molecule has 1 aliphatic rings. The molecule has 1 saturated heterocycles. The first kappa shape index (κ1) is 18.9. The van der Waals surface area contributed by atoms with Crippen LogP contribution in [0.2, 0.25) is 0 Å². The Labute approximate surface area is 132 Å². The number of aliphatic hydroxyl groups is 1. The van der Waals surface area contributed by atoms with Gasteiger partial charge in [-0.25, -0.2) is 0 Å². The second-order valence-corrected chi connectivity index (χ2v) is 6.42. The third-order valence-electron chi connectivity index (χ3n) is 4.49. The lowest BCUT2D eigenvalue weighted by atomic mass is 10.1. The Kier molecular flexibility index (Phi) is 13.3. The Morgan fingerprint density at radius 2 is 1.05 bits per heavy atom. The van der Waals surface area contributed by atoms with Gasteiger partial charge in [-0.2, -0.15) is 0 Å². The van der Waals surface area contributed by atoms with Crippen molar-refractivity contribution in [3.05, 3.63) is 0 Å². The largest absolute Gasteiger partial charge is 0.396 e. The Morgan fingerprint density at radius 3 is 1.52 bits per heavy atom. The molecule has 21 heavy (non-hydrogen) atoms. The van der Waals surface area contributed by atoms with E-state index in [-0.39, 0.29) is 0 Å². The highest BCUT2D eigenvalue weighted by Crippen LogP contribution is 2.12. The van der Waals surface area contributed by atoms with Crippen molar-refractivity contribution in [2.75, 3.05) is 39.5 Å². The van der Waals surface area contributed by atoms with Crippen molar-refractivity contribution in [2.45, 2.75) is 77.0 Å². The number of morpholine rings is 1. The molecule has 0 bridgehead atoms. The molecule has 3 nitrogen and oxygen atoms in total. The predicted molar refractivity (Wildman–Crippen MR) is 89.7 cm³/mol. The third kappa shape index (κ3) is 12.1. The number of nitrogens with zero attached hydrogens (tertiary/aromatic N) is 1. The number of unbranched alkanes of at least 4 members (excludes halogenated alkanes) is 11. The quantitative estimate of drug-likeness (QED) is 0.492. The van der Waals surface area contributed by atoms with Gasteiger partial charge in [-0.15, -0.1) is 0 Å². The molecule has 0 radical (unpaired) electrons. The number of hydrogen-bond acceptors (Lipinski definition) is 3. The van der Waals surface area contributed by atoms with Crippen LogP contribution in [0.1, 0.15) is 77.0 Å². The molecule has 1 rings (SSSR count). The third-order valence-corrected chi connectivity index (χ3v) is 4.49.